The smallest absolute Gasteiger partial charge is 0.254 e. The summed E-state index contributed by atoms with van der Waals surface area (Å²) in [6.07, 6.45) is 5.77. The predicted molar refractivity (Wildman–Crippen MR) is 114 cm³/mol. The molecule has 0 bridgehead atoms. The van der Waals surface area contributed by atoms with Gasteiger partial charge in [0.25, 0.3) is 5.91 Å². The Labute approximate surface area is 175 Å². The van der Waals surface area contributed by atoms with Crippen LogP contribution in [0.25, 0.3) is 0 Å². The highest BCUT2D eigenvalue weighted by Crippen LogP contribution is 2.22. The van der Waals surface area contributed by atoms with Gasteiger partial charge in [0.15, 0.2) is 0 Å². The first-order valence-electron chi connectivity index (χ1n) is 10.2. The fourth-order valence-electron chi connectivity index (χ4n) is 3.98. The number of amides is 1. The van der Waals surface area contributed by atoms with Crippen molar-refractivity contribution in [3.8, 4) is 0 Å². The van der Waals surface area contributed by atoms with Crippen LogP contribution in [0.1, 0.15) is 55.8 Å². The summed E-state index contributed by atoms with van der Waals surface area (Å²) >= 11 is 0. The molecule has 1 aromatic rings. The lowest BCUT2D eigenvalue weighted by Gasteiger charge is -2.28. The van der Waals surface area contributed by atoms with Gasteiger partial charge < -0.3 is 10.2 Å². The Morgan fingerprint density at radius 1 is 1.21 bits per heavy atom. The Balaban J connectivity index is 0.00000280. The summed E-state index contributed by atoms with van der Waals surface area (Å²) in [5.41, 5.74) is 0.464. The fourth-order valence-corrected chi connectivity index (χ4v) is 5.55. The second-order valence-electron chi connectivity index (χ2n) is 7.49. The number of hydrogen-bond acceptors (Lipinski definition) is 4. The molecule has 0 aliphatic carbocycles. The molecule has 1 aromatic carbocycles. The average Bonchev–Trinajstić information content (AvgIpc) is 3.06. The third-order valence-electron chi connectivity index (χ3n) is 5.48. The lowest BCUT2D eigenvalue weighted by molar-refractivity contribution is 0.0692. The zero-order chi connectivity index (χ0) is 19.3. The van der Waals surface area contributed by atoms with E-state index in [1.165, 1.54) is 0 Å². The molecule has 2 aliphatic rings. The quantitative estimate of drug-likeness (QED) is 0.754. The van der Waals surface area contributed by atoms with Gasteiger partial charge in [0.2, 0.25) is 10.0 Å². The number of rotatable bonds is 6. The number of carbonyl (C=O) groups excluding carboxylic acids is 1. The predicted octanol–water partition coefficient (Wildman–Crippen LogP) is 2.89. The molecule has 1 N–H and O–H groups in total. The van der Waals surface area contributed by atoms with Gasteiger partial charge >= 0.3 is 0 Å². The number of nitrogens with zero attached hydrogens (tertiary/aromatic N) is 2. The third kappa shape index (κ3) is 5.26. The first-order valence-corrected chi connectivity index (χ1v) is 11.6. The van der Waals surface area contributed by atoms with E-state index in [2.05, 4.69) is 12.2 Å². The highest BCUT2D eigenvalue weighted by molar-refractivity contribution is 7.89. The maximum Gasteiger partial charge on any atom is 0.254 e. The molecule has 2 aliphatic heterocycles. The second-order valence-corrected chi connectivity index (χ2v) is 9.43. The van der Waals surface area contributed by atoms with E-state index in [-0.39, 0.29) is 29.3 Å². The van der Waals surface area contributed by atoms with Crippen LogP contribution < -0.4 is 5.32 Å². The molecule has 3 rings (SSSR count). The molecule has 1 atom stereocenters. The molecular weight excluding hydrogens is 398 g/mol. The van der Waals surface area contributed by atoms with Crippen molar-refractivity contribution in [3.63, 3.8) is 0 Å². The van der Waals surface area contributed by atoms with Gasteiger partial charge in [-0.25, -0.2) is 8.42 Å². The van der Waals surface area contributed by atoms with Crippen LogP contribution in [0.4, 0.5) is 0 Å². The van der Waals surface area contributed by atoms with Crippen LogP contribution in [0.15, 0.2) is 29.2 Å². The number of nitrogens with one attached hydrogen (secondary N) is 1. The Bertz CT molecular complexity index is 743. The van der Waals surface area contributed by atoms with Crippen LogP contribution in [0.5, 0.6) is 0 Å². The Hall–Kier alpha value is -1.15. The van der Waals surface area contributed by atoms with Crippen LogP contribution in [-0.2, 0) is 10.0 Å². The minimum Gasteiger partial charge on any atom is -0.334 e. The number of benzene rings is 1. The maximum atomic E-state index is 13.1. The molecule has 8 heteroatoms. The van der Waals surface area contributed by atoms with E-state index in [0.717, 1.165) is 51.6 Å². The van der Waals surface area contributed by atoms with Crippen molar-refractivity contribution in [3.05, 3.63) is 29.8 Å². The van der Waals surface area contributed by atoms with Crippen LogP contribution in [0.2, 0.25) is 0 Å². The van der Waals surface area contributed by atoms with Crippen LogP contribution >= 0.6 is 12.4 Å². The van der Waals surface area contributed by atoms with E-state index < -0.39 is 10.0 Å². The van der Waals surface area contributed by atoms with Crippen LogP contribution in [0.3, 0.4) is 0 Å². The Morgan fingerprint density at radius 2 is 1.93 bits per heavy atom. The zero-order valence-corrected chi connectivity index (χ0v) is 18.2. The van der Waals surface area contributed by atoms with E-state index in [1.807, 2.05) is 4.90 Å². The van der Waals surface area contributed by atoms with Gasteiger partial charge in [-0.3, -0.25) is 4.79 Å². The first-order chi connectivity index (χ1) is 13.0. The minimum absolute atomic E-state index is 0. The summed E-state index contributed by atoms with van der Waals surface area (Å²) in [4.78, 5) is 15.3. The topological polar surface area (TPSA) is 69.7 Å². The van der Waals surface area contributed by atoms with Gasteiger partial charge in [-0.1, -0.05) is 25.8 Å². The molecule has 0 radical (unpaired) electrons. The van der Waals surface area contributed by atoms with Crippen LogP contribution in [0, 0.1) is 0 Å². The van der Waals surface area contributed by atoms with E-state index in [1.54, 1.807) is 28.6 Å². The number of halogens is 1. The molecule has 2 saturated heterocycles. The molecule has 1 amide bonds. The summed E-state index contributed by atoms with van der Waals surface area (Å²) < 4.78 is 27.7. The lowest BCUT2D eigenvalue weighted by Crippen LogP contribution is -2.42. The normalized spacial score (nSPS) is 21.0. The van der Waals surface area contributed by atoms with Gasteiger partial charge in [0.1, 0.15) is 0 Å². The summed E-state index contributed by atoms with van der Waals surface area (Å²) in [7, 11) is -3.55. The average molecular weight is 430 g/mol. The monoisotopic (exact) mass is 429 g/mol. The van der Waals surface area contributed by atoms with Gasteiger partial charge in [-0.2, -0.15) is 4.31 Å². The van der Waals surface area contributed by atoms with Crippen LogP contribution in [-0.4, -0.2) is 62.3 Å². The van der Waals surface area contributed by atoms with Gasteiger partial charge in [-0.05, 0) is 50.4 Å². The second kappa shape index (κ2) is 10.6. The lowest BCUT2D eigenvalue weighted by atomic mass is 10.1. The Morgan fingerprint density at radius 3 is 2.54 bits per heavy atom. The highest BCUT2D eigenvalue weighted by Gasteiger charge is 2.29. The molecule has 28 heavy (non-hydrogen) atoms. The molecule has 158 valence electrons. The fraction of sp³-hybridized carbons (Fsp3) is 0.650. The van der Waals surface area contributed by atoms with Crippen molar-refractivity contribution >= 4 is 28.3 Å². The number of carbonyl (C=O) groups is 1. The standard InChI is InChI=1S/C20H31N3O3S.ClH/c1-2-12-23(18-10-11-21-16-18)20(24)17-8-7-9-19(15-17)27(25,26)22-13-5-3-4-6-14-22;/h7-9,15,18,21H,2-6,10-14,16H2,1H3;1H. The van der Waals surface area contributed by atoms with Crippen molar-refractivity contribution in [1.82, 2.24) is 14.5 Å². The largest absolute Gasteiger partial charge is 0.334 e. The van der Waals surface area contributed by atoms with Crippen molar-refractivity contribution in [1.29, 1.82) is 0 Å². The molecular formula is C20H32ClN3O3S. The molecule has 6 nitrogen and oxygen atoms in total. The van der Waals surface area contributed by atoms with Crippen molar-refractivity contribution in [2.45, 2.75) is 56.4 Å². The van der Waals surface area contributed by atoms with Crippen molar-refractivity contribution in [2.75, 3.05) is 32.7 Å². The van der Waals surface area contributed by atoms with E-state index >= 15 is 0 Å². The summed E-state index contributed by atoms with van der Waals surface area (Å²) in [6.45, 7) is 5.60. The molecule has 1 unspecified atom stereocenters. The summed E-state index contributed by atoms with van der Waals surface area (Å²) in [6, 6.07) is 6.78. The van der Waals surface area contributed by atoms with Gasteiger partial charge in [0, 0.05) is 37.8 Å². The third-order valence-corrected chi connectivity index (χ3v) is 7.38. The first kappa shape index (κ1) is 23.1. The molecule has 0 spiro atoms. The molecule has 0 aromatic heterocycles. The number of sulfonamides is 1. The SMILES string of the molecule is CCCN(C(=O)c1cccc(S(=O)(=O)N2CCCCCC2)c1)C1CCNC1.Cl. The Kier molecular flexibility index (Phi) is 8.74. The number of hydrogen-bond donors (Lipinski definition) is 1. The van der Waals surface area contributed by atoms with E-state index in [9.17, 15) is 13.2 Å². The maximum absolute atomic E-state index is 13.1. The van der Waals surface area contributed by atoms with Gasteiger partial charge in [-0.15, -0.1) is 12.4 Å². The molecule has 2 fully saturated rings. The minimum atomic E-state index is -3.55. The van der Waals surface area contributed by atoms with Gasteiger partial charge in [0.05, 0.1) is 4.90 Å². The highest BCUT2D eigenvalue weighted by atomic mass is 35.5. The summed E-state index contributed by atoms with van der Waals surface area (Å²) in [5, 5.41) is 3.31. The summed E-state index contributed by atoms with van der Waals surface area (Å²) in [5.74, 6) is -0.0709. The molecule has 0 saturated carbocycles. The van der Waals surface area contributed by atoms with E-state index in [4.69, 9.17) is 0 Å². The van der Waals surface area contributed by atoms with Crippen molar-refractivity contribution < 1.29 is 13.2 Å². The molecule has 2 heterocycles. The zero-order valence-electron chi connectivity index (χ0n) is 16.6. The van der Waals surface area contributed by atoms with Crippen molar-refractivity contribution in [2.24, 2.45) is 0 Å². The van der Waals surface area contributed by atoms with E-state index in [0.29, 0.717) is 25.2 Å².